The van der Waals surface area contributed by atoms with E-state index in [1.807, 2.05) is 19.2 Å². The monoisotopic (exact) mass is 376 g/mol. The van der Waals surface area contributed by atoms with E-state index in [-0.39, 0.29) is 23.5 Å². The summed E-state index contributed by atoms with van der Waals surface area (Å²) >= 11 is 1.51. The number of rotatable bonds is 6. The molecule has 0 spiro atoms. The minimum Gasteiger partial charge on any atom is -0.465 e. The van der Waals surface area contributed by atoms with E-state index < -0.39 is 11.9 Å². The second-order valence-corrected chi connectivity index (χ2v) is 6.73. The van der Waals surface area contributed by atoms with Crippen molar-refractivity contribution < 1.29 is 23.9 Å². The number of carbonyl (C=O) groups is 3. The van der Waals surface area contributed by atoms with Gasteiger partial charge in [0.1, 0.15) is 0 Å². The number of nitrogens with zero attached hydrogens (tertiary/aromatic N) is 1. The Kier molecular flexibility index (Phi) is 6.46. The number of anilines is 1. The molecule has 1 N–H and O–H groups in total. The lowest BCUT2D eigenvalue weighted by Gasteiger charge is -2.09. The van der Waals surface area contributed by atoms with Crippen LogP contribution in [-0.4, -0.2) is 37.0 Å². The minimum atomic E-state index is -0.618. The highest BCUT2D eigenvalue weighted by Crippen LogP contribution is 2.20. The number of nitrogens with one attached hydrogen (secondary N) is 1. The molecule has 26 heavy (non-hydrogen) atoms. The third-order valence-electron chi connectivity index (χ3n) is 3.46. The summed E-state index contributed by atoms with van der Waals surface area (Å²) in [4.78, 5) is 40.3. The molecular weight excluding hydrogens is 356 g/mol. The lowest BCUT2D eigenvalue weighted by molar-refractivity contribution is -0.115. The fourth-order valence-electron chi connectivity index (χ4n) is 2.21. The molecule has 0 aliphatic carbocycles. The highest BCUT2D eigenvalue weighted by Gasteiger charge is 2.16. The van der Waals surface area contributed by atoms with Gasteiger partial charge >= 0.3 is 11.9 Å². The molecule has 1 heterocycles. The van der Waals surface area contributed by atoms with Gasteiger partial charge in [-0.05, 0) is 18.2 Å². The SMILES string of the molecule is COC(=O)c1cc(NC(=O)Cc2csc(C(C)C)n2)cc(C(=O)OC)c1. The molecular formula is C18H20N2O5S. The average molecular weight is 376 g/mol. The molecule has 0 aliphatic heterocycles. The Morgan fingerprint density at radius 3 is 2.12 bits per heavy atom. The molecule has 2 rings (SSSR count). The predicted octanol–water partition coefficient (Wildman–Crippen LogP) is 3.02. The number of thiazole rings is 1. The van der Waals surface area contributed by atoms with E-state index >= 15 is 0 Å². The van der Waals surface area contributed by atoms with E-state index in [0.717, 1.165) is 5.01 Å². The van der Waals surface area contributed by atoms with Crippen LogP contribution in [0.3, 0.4) is 0 Å². The van der Waals surface area contributed by atoms with Gasteiger partial charge in [-0.2, -0.15) is 0 Å². The number of benzene rings is 1. The normalized spacial score (nSPS) is 10.5. The molecule has 0 radical (unpaired) electrons. The fourth-order valence-corrected chi connectivity index (χ4v) is 3.04. The van der Waals surface area contributed by atoms with Crippen LogP contribution in [0.5, 0.6) is 0 Å². The number of hydrogen-bond acceptors (Lipinski definition) is 7. The predicted molar refractivity (Wildman–Crippen MR) is 97.7 cm³/mol. The number of ether oxygens (including phenoxy) is 2. The summed E-state index contributed by atoms with van der Waals surface area (Å²) in [5.41, 5.74) is 1.26. The van der Waals surface area contributed by atoms with Crippen LogP contribution < -0.4 is 5.32 Å². The van der Waals surface area contributed by atoms with E-state index in [4.69, 9.17) is 0 Å². The number of esters is 2. The van der Waals surface area contributed by atoms with Crippen LogP contribution in [0, 0.1) is 0 Å². The van der Waals surface area contributed by atoms with Gasteiger partial charge in [-0.1, -0.05) is 13.8 Å². The molecule has 1 aromatic heterocycles. The Balaban J connectivity index is 2.19. The molecule has 0 fully saturated rings. The highest BCUT2D eigenvalue weighted by molar-refractivity contribution is 7.09. The van der Waals surface area contributed by atoms with Crippen LogP contribution in [0.2, 0.25) is 0 Å². The van der Waals surface area contributed by atoms with Crippen molar-refractivity contribution in [2.24, 2.45) is 0 Å². The molecule has 0 aliphatic rings. The van der Waals surface area contributed by atoms with Crippen molar-refractivity contribution in [2.75, 3.05) is 19.5 Å². The fraction of sp³-hybridized carbons (Fsp3) is 0.333. The maximum atomic E-state index is 12.3. The summed E-state index contributed by atoms with van der Waals surface area (Å²) in [7, 11) is 2.47. The quantitative estimate of drug-likeness (QED) is 0.779. The van der Waals surface area contributed by atoms with Crippen molar-refractivity contribution in [1.29, 1.82) is 0 Å². The molecule has 0 bridgehead atoms. The molecule has 0 saturated heterocycles. The van der Waals surface area contributed by atoms with Gasteiger partial charge in [0, 0.05) is 17.0 Å². The first kappa shape index (κ1) is 19.6. The van der Waals surface area contributed by atoms with Crippen LogP contribution >= 0.6 is 11.3 Å². The smallest absolute Gasteiger partial charge is 0.337 e. The van der Waals surface area contributed by atoms with E-state index in [9.17, 15) is 14.4 Å². The van der Waals surface area contributed by atoms with Gasteiger partial charge in [0.15, 0.2) is 0 Å². The zero-order valence-corrected chi connectivity index (χ0v) is 15.8. The Labute approximate surface area is 155 Å². The van der Waals surface area contributed by atoms with E-state index in [2.05, 4.69) is 19.8 Å². The summed E-state index contributed by atoms with van der Waals surface area (Å²) in [6, 6.07) is 4.23. The van der Waals surface area contributed by atoms with Gasteiger partial charge in [-0.25, -0.2) is 14.6 Å². The summed E-state index contributed by atoms with van der Waals surface area (Å²) in [5, 5.41) is 5.49. The first-order valence-electron chi connectivity index (χ1n) is 7.90. The van der Waals surface area contributed by atoms with Crippen molar-refractivity contribution in [3.8, 4) is 0 Å². The maximum absolute atomic E-state index is 12.3. The maximum Gasteiger partial charge on any atom is 0.337 e. The van der Waals surface area contributed by atoms with Gasteiger partial charge < -0.3 is 14.8 Å². The van der Waals surface area contributed by atoms with Gasteiger partial charge in [0.05, 0.1) is 42.5 Å². The van der Waals surface area contributed by atoms with Crippen molar-refractivity contribution >= 4 is 34.9 Å². The van der Waals surface area contributed by atoms with E-state index in [1.54, 1.807) is 0 Å². The second-order valence-electron chi connectivity index (χ2n) is 5.84. The lowest BCUT2D eigenvalue weighted by Crippen LogP contribution is -2.16. The van der Waals surface area contributed by atoms with Gasteiger partial charge in [0.2, 0.25) is 5.91 Å². The number of hydrogen-bond donors (Lipinski definition) is 1. The summed E-state index contributed by atoms with van der Waals surface area (Å²) < 4.78 is 9.35. The number of aromatic nitrogens is 1. The van der Waals surface area contributed by atoms with Crippen LogP contribution in [0.1, 0.15) is 51.2 Å². The highest BCUT2D eigenvalue weighted by atomic mass is 32.1. The largest absolute Gasteiger partial charge is 0.465 e. The van der Waals surface area contributed by atoms with Gasteiger partial charge in [-0.3, -0.25) is 4.79 Å². The third kappa shape index (κ3) is 4.89. The Morgan fingerprint density at radius 1 is 1.08 bits per heavy atom. The summed E-state index contributed by atoms with van der Waals surface area (Å²) in [5.74, 6) is -1.24. The van der Waals surface area contributed by atoms with Gasteiger partial charge in [0.25, 0.3) is 0 Å². The zero-order chi connectivity index (χ0) is 19.3. The van der Waals surface area contributed by atoms with Crippen molar-refractivity contribution in [2.45, 2.75) is 26.2 Å². The van der Waals surface area contributed by atoms with E-state index in [1.165, 1.54) is 43.8 Å². The standard InChI is InChI=1S/C18H20N2O5S/c1-10(2)16-20-14(9-26-16)8-15(21)19-13-6-11(17(22)24-3)5-12(7-13)18(23)25-4/h5-7,9-10H,8H2,1-4H3,(H,19,21). The topological polar surface area (TPSA) is 94.6 Å². The molecule has 2 aromatic rings. The molecule has 8 heteroatoms. The Hall–Kier alpha value is -2.74. The number of methoxy groups -OCH3 is 2. The second kappa shape index (κ2) is 8.57. The van der Waals surface area contributed by atoms with Crippen molar-refractivity contribution in [3.63, 3.8) is 0 Å². The summed E-state index contributed by atoms with van der Waals surface area (Å²) in [6.07, 6.45) is 0.0965. The molecule has 0 saturated carbocycles. The van der Waals surface area contributed by atoms with Crippen LogP contribution in [0.25, 0.3) is 0 Å². The molecule has 7 nitrogen and oxygen atoms in total. The minimum absolute atomic E-state index is 0.0965. The van der Waals surface area contributed by atoms with Crippen LogP contribution in [0.15, 0.2) is 23.6 Å². The molecule has 0 unspecified atom stereocenters. The molecule has 1 amide bonds. The van der Waals surface area contributed by atoms with Crippen molar-refractivity contribution in [3.05, 3.63) is 45.4 Å². The molecule has 0 atom stereocenters. The number of carbonyl (C=O) groups excluding carboxylic acids is 3. The average Bonchev–Trinajstić information content (AvgIpc) is 3.08. The van der Waals surface area contributed by atoms with E-state index in [0.29, 0.717) is 17.3 Å². The first-order chi connectivity index (χ1) is 12.3. The zero-order valence-electron chi connectivity index (χ0n) is 15.0. The molecule has 138 valence electrons. The third-order valence-corrected chi connectivity index (χ3v) is 4.66. The van der Waals surface area contributed by atoms with Crippen molar-refractivity contribution in [1.82, 2.24) is 4.98 Å². The number of amides is 1. The van der Waals surface area contributed by atoms with Crippen LogP contribution in [0.4, 0.5) is 5.69 Å². The summed E-state index contributed by atoms with van der Waals surface area (Å²) in [6.45, 7) is 4.07. The Bertz CT molecular complexity index is 794. The Morgan fingerprint density at radius 2 is 1.65 bits per heavy atom. The van der Waals surface area contributed by atoms with Crippen LogP contribution in [-0.2, 0) is 20.7 Å². The lowest BCUT2D eigenvalue weighted by atomic mass is 10.1. The molecule has 1 aromatic carbocycles. The first-order valence-corrected chi connectivity index (χ1v) is 8.78. The van der Waals surface area contributed by atoms with Gasteiger partial charge in [-0.15, -0.1) is 11.3 Å².